The number of morpholine rings is 1. The molecular weight excluding hydrogens is 587 g/mol. The van der Waals surface area contributed by atoms with Gasteiger partial charge in [0.15, 0.2) is 5.75 Å². The van der Waals surface area contributed by atoms with Crippen molar-refractivity contribution in [2.45, 2.75) is 18.3 Å². The smallest absolute Gasteiger partial charge is 0.286 e. The average molecular weight is 618 g/mol. The second-order valence-electron chi connectivity index (χ2n) is 9.43. The number of fused-ring (bicyclic) bond motifs is 1. The highest BCUT2D eigenvalue weighted by atomic mass is 35.5. The summed E-state index contributed by atoms with van der Waals surface area (Å²) < 4.78 is 19.9. The summed E-state index contributed by atoms with van der Waals surface area (Å²) in [4.78, 5) is 30.2. The maximum atomic E-state index is 11.8. The lowest BCUT2D eigenvalue weighted by atomic mass is 10.1. The summed E-state index contributed by atoms with van der Waals surface area (Å²) in [6, 6.07) is 21.5. The van der Waals surface area contributed by atoms with Crippen molar-refractivity contribution in [2.75, 3.05) is 31.2 Å². The monoisotopic (exact) mass is 616 g/mol. The molecule has 9 nitrogen and oxygen atoms in total. The van der Waals surface area contributed by atoms with Gasteiger partial charge in [0.1, 0.15) is 23.9 Å². The molecule has 12 heteroatoms. The highest BCUT2D eigenvalue weighted by Gasteiger charge is 2.31. The molecule has 3 heterocycles. The lowest BCUT2D eigenvalue weighted by Crippen LogP contribution is -2.36. The molecule has 1 unspecified atom stereocenters. The summed E-state index contributed by atoms with van der Waals surface area (Å²) in [5, 5.41) is 1.65. The zero-order chi connectivity index (χ0) is 26.8. The molecule has 216 valence electrons. The number of aryl methyl sites for hydroxylation is 1. The van der Waals surface area contributed by atoms with E-state index in [0.717, 1.165) is 64.5 Å². The minimum absolute atomic E-state index is 0. The predicted octanol–water partition coefficient (Wildman–Crippen LogP) is 5.52. The molecule has 0 spiro atoms. The van der Waals surface area contributed by atoms with Gasteiger partial charge in [-0.3, -0.25) is 14.9 Å². The van der Waals surface area contributed by atoms with E-state index in [1.807, 2.05) is 72.3 Å². The third kappa shape index (κ3) is 6.90. The minimum atomic E-state index is -0.383. The molecule has 0 saturated carbocycles. The van der Waals surface area contributed by atoms with Gasteiger partial charge in [0.2, 0.25) is 5.91 Å². The number of nitrogens with one attached hydrogen (secondary N) is 1. The Kier molecular flexibility index (Phi) is 10.0. The Labute approximate surface area is 254 Å². The first-order valence-electron chi connectivity index (χ1n) is 12.8. The number of imide groups is 1. The average Bonchev–Trinajstić information content (AvgIpc) is 3.45. The number of para-hydroxylation sites is 2. The Morgan fingerprint density at radius 3 is 2.46 bits per heavy atom. The van der Waals surface area contributed by atoms with Crippen molar-refractivity contribution < 1.29 is 23.8 Å². The fraction of sp³-hybridized carbons (Fsp3) is 0.276. The quantitative estimate of drug-likeness (QED) is 0.276. The second kappa shape index (κ2) is 13.5. The van der Waals surface area contributed by atoms with Crippen LogP contribution < -0.4 is 19.7 Å². The highest BCUT2D eigenvalue weighted by Crippen LogP contribution is 2.34. The lowest BCUT2D eigenvalue weighted by Gasteiger charge is -2.30. The first kappa shape index (κ1) is 30.5. The number of hydrogen-bond acceptors (Lipinski definition) is 8. The molecule has 2 fully saturated rings. The van der Waals surface area contributed by atoms with Crippen molar-refractivity contribution in [2.24, 2.45) is 7.05 Å². The largest absolute Gasteiger partial charge is 0.486 e. The van der Waals surface area contributed by atoms with Crippen LogP contribution in [0.4, 0.5) is 10.5 Å². The third-order valence-corrected chi connectivity index (χ3v) is 7.85. The van der Waals surface area contributed by atoms with Crippen LogP contribution in [0.3, 0.4) is 0 Å². The number of halogens is 2. The standard InChI is InChI=1S/C29H28N4O5S.2ClH/c1-32-24-17-21(38-25-5-3-2-4-23(25)33-12-14-36-15-13-33)10-11-22(24)30-27(32)18-37-20-8-6-19(7-9-20)16-26-28(34)31-29(35)39-26;;/h2-11,17,26H,12-16,18H2,1H3,(H,31,34,35);2*1H. The molecule has 2 amide bonds. The normalized spacial score (nSPS) is 16.6. The lowest BCUT2D eigenvalue weighted by molar-refractivity contribution is -0.118. The molecule has 2 aliphatic heterocycles. The Bertz CT molecular complexity index is 1530. The fourth-order valence-electron chi connectivity index (χ4n) is 4.76. The van der Waals surface area contributed by atoms with Crippen LogP contribution in [0.15, 0.2) is 66.7 Å². The number of thioether (sulfide) groups is 1. The van der Waals surface area contributed by atoms with Gasteiger partial charge in [0.05, 0.1) is 35.2 Å². The number of anilines is 1. The van der Waals surface area contributed by atoms with Gasteiger partial charge >= 0.3 is 0 Å². The fourth-order valence-corrected chi connectivity index (χ4v) is 5.62. The summed E-state index contributed by atoms with van der Waals surface area (Å²) in [6.45, 7) is 3.40. The molecule has 2 aliphatic rings. The first-order valence-corrected chi connectivity index (χ1v) is 13.7. The van der Waals surface area contributed by atoms with Crippen LogP contribution in [0, 0.1) is 0 Å². The van der Waals surface area contributed by atoms with Crippen LogP contribution in [0.25, 0.3) is 11.0 Å². The van der Waals surface area contributed by atoms with Crippen molar-refractivity contribution in [3.05, 3.63) is 78.1 Å². The zero-order valence-corrected chi connectivity index (χ0v) is 24.7. The molecule has 4 aromatic rings. The summed E-state index contributed by atoms with van der Waals surface area (Å²) in [6.07, 6.45) is 0.495. The SMILES string of the molecule is Cl.Cl.Cn1c(COc2ccc(CC3SC(=O)NC3=O)cc2)nc2ccc(Oc3ccccc3N3CCOCC3)cc21. The molecular formula is C29H30Cl2N4O5S. The Morgan fingerprint density at radius 1 is 1.00 bits per heavy atom. The molecule has 0 aliphatic carbocycles. The van der Waals surface area contributed by atoms with Crippen LogP contribution >= 0.6 is 36.6 Å². The summed E-state index contributed by atoms with van der Waals surface area (Å²) >= 11 is 1.03. The second-order valence-corrected chi connectivity index (χ2v) is 10.6. The number of imidazole rings is 1. The number of aromatic nitrogens is 2. The molecule has 1 aromatic heterocycles. The predicted molar refractivity (Wildman–Crippen MR) is 164 cm³/mol. The molecule has 0 radical (unpaired) electrons. The van der Waals surface area contributed by atoms with E-state index in [4.69, 9.17) is 19.2 Å². The van der Waals surface area contributed by atoms with Crippen LogP contribution in [0.1, 0.15) is 11.4 Å². The Hall–Kier alpha value is -3.44. The van der Waals surface area contributed by atoms with Gasteiger partial charge in [-0.1, -0.05) is 36.0 Å². The van der Waals surface area contributed by atoms with Crippen molar-refractivity contribution in [1.29, 1.82) is 0 Å². The third-order valence-electron chi connectivity index (χ3n) is 6.87. The maximum Gasteiger partial charge on any atom is 0.286 e. The van der Waals surface area contributed by atoms with Crippen LogP contribution in [-0.2, 0) is 29.6 Å². The number of hydrogen-bond donors (Lipinski definition) is 1. The van der Waals surface area contributed by atoms with Gasteiger partial charge in [-0.15, -0.1) is 24.8 Å². The van der Waals surface area contributed by atoms with Gasteiger partial charge < -0.3 is 23.7 Å². The van der Waals surface area contributed by atoms with Crippen molar-refractivity contribution >= 4 is 64.4 Å². The van der Waals surface area contributed by atoms with Crippen LogP contribution in [-0.4, -0.2) is 52.3 Å². The highest BCUT2D eigenvalue weighted by molar-refractivity contribution is 8.15. The molecule has 0 bridgehead atoms. The number of amides is 2. The van der Waals surface area contributed by atoms with E-state index < -0.39 is 0 Å². The summed E-state index contributed by atoms with van der Waals surface area (Å²) in [5.41, 5.74) is 3.84. The summed E-state index contributed by atoms with van der Waals surface area (Å²) in [7, 11) is 1.97. The number of carbonyl (C=O) groups excluding carboxylic acids is 2. The molecule has 3 aromatic carbocycles. The number of ether oxygens (including phenoxy) is 3. The zero-order valence-electron chi connectivity index (χ0n) is 22.3. The minimum Gasteiger partial charge on any atom is -0.486 e. The number of carbonyl (C=O) groups is 2. The van der Waals surface area contributed by atoms with Crippen molar-refractivity contribution in [3.8, 4) is 17.2 Å². The van der Waals surface area contributed by atoms with E-state index in [0.29, 0.717) is 32.0 Å². The molecule has 1 N–H and O–H groups in total. The Morgan fingerprint density at radius 2 is 1.73 bits per heavy atom. The Balaban J connectivity index is 0.00000194. The van der Waals surface area contributed by atoms with E-state index in [1.165, 1.54) is 0 Å². The van der Waals surface area contributed by atoms with Gasteiger partial charge in [0.25, 0.3) is 5.24 Å². The van der Waals surface area contributed by atoms with Crippen LogP contribution in [0.2, 0.25) is 0 Å². The van der Waals surface area contributed by atoms with Gasteiger partial charge in [0, 0.05) is 26.2 Å². The first-order chi connectivity index (χ1) is 19.0. The molecule has 1 atom stereocenters. The van der Waals surface area contributed by atoms with E-state index in [1.54, 1.807) is 0 Å². The maximum absolute atomic E-state index is 11.8. The summed E-state index contributed by atoms with van der Waals surface area (Å²) in [5.74, 6) is 2.81. The number of benzene rings is 3. The number of nitrogens with zero attached hydrogens (tertiary/aromatic N) is 3. The van der Waals surface area contributed by atoms with Gasteiger partial charge in [-0.25, -0.2) is 4.98 Å². The molecule has 6 rings (SSSR count). The van der Waals surface area contributed by atoms with Gasteiger partial charge in [-0.05, 0) is 48.4 Å². The van der Waals surface area contributed by atoms with Gasteiger partial charge in [-0.2, -0.15) is 0 Å². The van der Waals surface area contributed by atoms with E-state index in [2.05, 4.69) is 16.3 Å². The van der Waals surface area contributed by atoms with E-state index in [-0.39, 0.29) is 41.2 Å². The van der Waals surface area contributed by atoms with Crippen molar-refractivity contribution in [3.63, 3.8) is 0 Å². The van der Waals surface area contributed by atoms with E-state index >= 15 is 0 Å². The van der Waals surface area contributed by atoms with Crippen LogP contribution in [0.5, 0.6) is 17.2 Å². The number of rotatable bonds is 8. The molecule has 41 heavy (non-hydrogen) atoms. The van der Waals surface area contributed by atoms with E-state index in [9.17, 15) is 9.59 Å². The molecule has 2 saturated heterocycles. The topological polar surface area (TPSA) is 94.9 Å². The van der Waals surface area contributed by atoms with Crippen molar-refractivity contribution in [1.82, 2.24) is 14.9 Å².